The second-order valence-electron chi connectivity index (χ2n) is 4.30. The Hall–Kier alpha value is -1.40. The van der Waals surface area contributed by atoms with Gasteiger partial charge in [-0.2, -0.15) is 5.10 Å². The average Bonchev–Trinajstić information content (AvgIpc) is 2.59. The quantitative estimate of drug-likeness (QED) is 0.877. The maximum absolute atomic E-state index is 11.5. The van der Waals surface area contributed by atoms with Gasteiger partial charge in [0.25, 0.3) is 0 Å². The van der Waals surface area contributed by atoms with E-state index in [0.29, 0.717) is 11.4 Å². The van der Waals surface area contributed by atoms with Gasteiger partial charge >= 0.3 is 0 Å². The standard InChI is InChI=1S/C11H15N3O2S/c1-8(12)7-14-11-5-10(17(2,15)16)4-3-9(11)6-13-14/h3-6,8H,7,12H2,1-2H3. The molecule has 6 heteroatoms. The minimum absolute atomic E-state index is 0.0278. The smallest absolute Gasteiger partial charge is 0.175 e. The fraction of sp³-hybridized carbons (Fsp3) is 0.364. The lowest BCUT2D eigenvalue weighted by atomic mass is 10.2. The fourth-order valence-electron chi connectivity index (χ4n) is 1.70. The average molecular weight is 253 g/mol. The molecule has 0 spiro atoms. The zero-order valence-electron chi connectivity index (χ0n) is 9.79. The van der Waals surface area contributed by atoms with Crippen molar-refractivity contribution < 1.29 is 8.42 Å². The Morgan fingerprint density at radius 3 is 2.76 bits per heavy atom. The van der Waals surface area contributed by atoms with Crippen molar-refractivity contribution in [2.24, 2.45) is 5.73 Å². The first kappa shape index (κ1) is 12.1. The first-order chi connectivity index (χ1) is 7.88. The Labute approximate surface area is 100 Å². The van der Waals surface area contributed by atoms with Gasteiger partial charge in [0, 0.05) is 17.7 Å². The molecule has 92 valence electrons. The van der Waals surface area contributed by atoms with Crippen molar-refractivity contribution in [2.45, 2.75) is 24.4 Å². The molecule has 0 fully saturated rings. The van der Waals surface area contributed by atoms with Crippen LogP contribution in [0.3, 0.4) is 0 Å². The van der Waals surface area contributed by atoms with Crippen LogP contribution in [0.4, 0.5) is 0 Å². The van der Waals surface area contributed by atoms with Crippen LogP contribution in [0, 0.1) is 0 Å². The van der Waals surface area contributed by atoms with Gasteiger partial charge in [0.1, 0.15) is 0 Å². The van der Waals surface area contributed by atoms with Crippen molar-refractivity contribution in [2.75, 3.05) is 6.26 Å². The van der Waals surface area contributed by atoms with Gasteiger partial charge in [0.05, 0.1) is 23.2 Å². The van der Waals surface area contributed by atoms with Crippen LogP contribution in [0.15, 0.2) is 29.3 Å². The second-order valence-corrected chi connectivity index (χ2v) is 6.31. The highest BCUT2D eigenvalue weighted by atomic mass is 32.2. The summed E-state index contributed by atoms with van der Waals surface area (Å²) in [5, 5.41) is 5.12. The lowest BCUT2D eigenvalue weighted by Gasteiger charge is -2.07. The van der Waals surface area contributed by atoms with E-state index in [0.717, 1.165) is 10.9 Å². The van der Waals surface area contributed by atoms with E-state index in [1.165, 1.54) is 6.26 Å². The molecular weight excluding hydrogens is 238 g/mol. The molecule has 0 bridgehead atoms. The van der Waals surface area contributed by atoms with Crippen LogP contribution in [-0.4, -0.2) is 30.5 Å². The first-order valence-electron chi connectivity index (χ1n) is 5.29. The molecule has 17 heavy (non-hydrogen) atoms. The summed E-state index contributed by atoms with van der Waals surface area (Å²) < 4.78 is 24.7. The molecule has 1 aromatic heterocycles. The van der Waals surface area contributed by atoms with Gasteiger partial charge in [0.15, 0.2) is 9.84 Å². The van der Waals surface area contributed by atoms with E-state index in [1.807, 2.05) is 6.92 Å². The Kier molecular flexibility index (Phi) is 2.92. The summed E-state index contributed by atoms with van der Waals surface area (Å²) in [4.78, 5) is 0.302. The summed E-state index contributed by atoms with van der Waals surface area (Å²) in [6.07, 6.45) is 2.91. The van der Waals surface area contributed by atoms with Crippen LogP contribution in [0.2, 0.25) is 0 Å². The van der Waals surface area contributed by atoms with Crippen LogP contribution in [0.5, 0.6) is 0 Å². The number of nitrogens with two attached hydrogens (primary N) is 1. The van der Waals surface area contributed by atoms with E-state index in [2.05, 4.69) is 5.10 Å². The molecule has 5 nitrogen and oxygen atoms in total. The van der Waals surface area contributed by atoms with Gasteiger partial charge in [0.2, 0.25) is 0 Å². The van der Waals surface area contributed by atoms with Crippen LogP contribution in [-0.2, 0) is 16.4 Å². The number of hydrogen-bond donors (Lipinski definition) is 1. The van der Waals surface area contributed by atoms with Crippen molar-refractivity contribution in [3.63, 3.8) is 0 Å². The van der Waals surface area contributed by atoms with Crippen LogP contribution in [0.1, 0.15) is 6.92 Å². The predicted octanol–water partition coefficient (Wildman–Crippen LogP) is 0.787. The Balaban J connectivity index is 2.58. The summed E-state index contributed by atoms with van der Waals surface area (Å²) in [5.74, 6) is 0. The van der Waals surface area contributed by atoms with Gasteiger partial charge in [-0.15, -0.1) is 0 Å². The molecule has 0 aliphatic heterocycles. The molecule has 2 rings (SSSR count). The van der Waals surface area contributed by atoms with Crippen LogP contribution in [0.25, 0.3) is 10.9 Å². The maximum atomic E-state index is 11.5. The number of benzene rings is 1. The van der Waals surface area contributed by atoms with Gasteiger partial charge in [-0.1, -0.05) is 0 Å². The molecule has 2 N–H and O–H groups in total. The summed E-state index contributed by atoms with van der Waals surface area (Å²) in [6, 6.07) is 4.96. The van der Waals surface area contributed by atoms with Gasteiger partial charge < -0.3 is 5.73 Å². The molecule has 1 atom stereocenters. The second kappa shape index (κ2) is 4.12. The van der Waals surface area contributed by atoms with E-state index >= 15 is 0 Å². The summed E-state index contributed by atoms with van der Waals surface area (Å²) >= 11 is 0. The van der Waals surface area contributed by atoms with Gasteiger partial charge in [-0.3, -0.25) is 4.68 Å². The Morgan fingerprint density at radius 1 is 1.47 bits per heavy atom. The highest BCUT2D eigenvalue weighted by molar-refractivity contribution is 7.90. The monoisotopic (exact) mass is 253 g/mol. The minimum Gasteiger partial charge on any atom is -0.326 e. The number of hydrogen-bond acceptors (Lipinski definition) is 4. The Bertz CT molecular complexity index is 644. The third-order valence-corrected chi connectivity index (χ3v) is 3.62. The largest absolute Gasteiger partial charge is 0.326 e. The molecule has 0 amide bonds. The molecule has 0 aliphatic rings. The van der Waals surface area contributed by atoms with Crippen LogP contribution >= 0.6 is 0 Å². The zero-order chi connectivity index (χ0) is 12.6. The first-order valence-corrected chi connectivity index (χ1v) is 7.18. The lowest BCUT2D eigenvalue weighted by Crippen LogP contribution is -2.22. The molecule has 1 aromatic carbocycles. The summed E-state index contributed by atoms with van der Waals surface area (Å²) in [7, 11) is -3.19. The minimum atomic E-state index is -3.19. The summed E-state index contributed by atoms with van der Waals surface area (Å²) in [5.41, 5.74) is 6.52. The molecular formula is C11H15N3O2S. The van der Waals surface area contributed by atoms with Crippen molar-refractivity contribution in [1.29, 1.82) is 0 Å². The molecule has 0 saturated heterocycles. The van der Waals surface area contributed by atoms with Crippen molar-refractivity contribution >= 4 is 20.7 Å². The number of nitrogens with zero attached hydrogens (tertiary/aromatic N) is 2. The van der Waals surface area contributed by atoms with E-state index in [1.54, 1.807) is 29.1 Å². The highest BCUT2D eigenvalue weighted by Crippen LogP contribution is 2.19. The van der Waals surface area contributed by atoms with Gasteiger partial charge in [-0.05, 0) is 25.1 Å². The van der Waals surface area contributed by atoms with Crippen molar-refractivity contribution in [1.82, 2.24) is 9.78 Å². The number of fused-ring (bicyclic) bond motifs is 1. The van der Waals surface area contributed by atoms with E-state index in [-0.39, 0.29) is 6.04 Å². The molecule has 1 heterocycles. The molecule has 0 radical (unpaired) electrons. The van der Waals surface area contributed by atoms with Crippen molar-refractivity contribution in [3.8, 4) is 0 Å². The van der Waals surface area contributed by atoms with Gasteiger partial charge in [-0.25, -0.2) is 8.42 Å². The number of aromatic nitrogens is 2. The third kappa shape index (κ3) is 2.48. The lowest BCUT2D eigenvalue weighted by molar-refractivity contribution is 0.553. The Morgan fingerprint density at radius 2 is 2.18 bits per heavy atom. The molecule has 0 saturated carbocycles. The zero-order valence-corrected chi connectivity index (χ0v) is 10.6. The van der Waals surface area contributed by atoms with Crippen LogP contribution < -0.4 is 5.73 Å². The molecule has 0 aliphatic carbocycles. The van der Waals surface area contributed by atoms with E-state index in [4.69, 9.17) is 5.73 Å². The third-order valence-electron chi connectivity index (χ3n) is 2.51. The van der Waals surface area contributed by atoms with E-state index < -0.39 is 9.84 Å². The normalized spacial score (nSPS) is 14.1. The molecule has 2 aromatic rings. The predicted molar refractivity (Wildman–Crippen MR) is 66.5 cm³/mol. The number of sulfone groups is 1. The number of rotatable bonds is 3. The highest BCUT2D eigenvalue weighted by Gasteiger charge is 2.11. The topological polar surface area (TPSA) is 78.0 Å². The maximum Gasteiger partial charge on any atom is 0.175 e. The molecule has 1 unspecified atom stereocenters. The summed E-state index contributed by atoms with van der Waals surface area (Å²) in [6.45, 7) is 2.45. The SMILES string of the molecule is CC(N)Cn1ncc2ccc(S(C)(=O)=O)cc21. The fourth-order valence-corrected chi connectivity index (χ4v) is 2.34. The van der Waals surface area contributed by atoms with E-state index in [9.17, 15) is 8.42 Å². The van der Waals surface area contributed by atoms with Crippen molar-refractivity contribution in [3.05, 3.63) is 24.4 Å².